The van der Waals surface area contributed by atoms with Crippen molar-refractivity contribution < 1.29 is 0 Å². The Hall–Kier alpha value is -0.770. The quantitative estimate of drug-likeness (QED) is 0.633. The average molecular weight is 302 g/mol. The van der Waals surface area contributed by atoms with Gasteiger partial charge in [0.05, 0.1) is 4.24 Å². The van der Waals surface area contributed by atoms with E-state index in [1.54, 1.807) is 0 Å². The SMILES string of the molecule is CSC1=C(c2ccc(C)cc2)C(=C2C=CC=C2)SS1. The van der Waals surface area contributed by atoms with Gasteiger partial charge in [-0.1, -0.05) is 64.9 Å². The molecule has 1 aromatic rings. The molecule has 0 amide bonds. The largest absolute Gasteiger partial charge is 0.121 e. The second-order valence-corrected chi connectivity index (χ2v) is 7.63. The van der Waals surface area contributed by atoms with Crippen LogP contribution < -0.4 is 0 Å². The summed E-state index contributed by atoms with van der Waals surface area (Å²) in [7, 11) is 3.76. The predicted octanol–water partition coefficient (Wildman–Crippen LogP) is 5.80. The van der Waals surface area contributed by atoms with Crippen LogP contribution in [0.1, 0.15) is 11.1 Å². The van der Waals surface area contributed by atoms with Crippen LogP contribution in [0.25, 0.3) is 5.57 Å². The first-order chi connectivity index (χ1) is 9.29. The lowest BCUT2D eigenvalue weighted by atomic mass is 10.0. The number of hydrogen-bond donors (Lipinski definition) is 0. The third kappa shape index (κ3) is 2.60. The Labute approximate surface area is 126 Å². The van der Waals surface area contributed by atoms with Crippen LogP contribution in [0.3, 0.4) is 0 Å². The third-order valence-corrected chi connectivity index (χ3v) is 7.02. The van der Waals surface area contributed by atoms with Gasteiger partial charge in [-0.25, -0.2) is 0 Å². The van der Waals surface area contributed by atoms with Gasteiger partial charge in [-0.05, 0) is 35.1 Å². The summed E-state index contributed by atoms with van der Waals surface area (Å²) in [4.78, 5) is 1.39. The molecule has 0 N–H and O–H groups in total. The van der Waals surface area contributed by atoms with E-state index < -0.39 is 0 Å². The van der Waals surface area contributed by atoms with Gasteiger partial charge in [0.2, 0.25) is 0 Å². The van der Waals surface area contributed by atoms with Gasteiger partial charge in [0.25, 0.3) is 0 Å². The second-order valence-electron chi connectivity index (χ2n) is 4.40. The van der Waals surface area contributed by atoms with E-state index >= 15 is 0 Å². The lowest BCUT2D eigenvalue weighted by molar-refractivity contribution is 1.45. The predicted molar refractivity (Wildman–Crippen MR) is 92.1 cm³/mol. The minimum atomic E-state index is 1.31. The fraction of sp³-hybridized carbons (Fsp3) is 0.125. The summed E-state index contributed by atoms with van der Waals surface area (Å²) >= 11 is 1.84. The van der Waals surface area contributed by atoms with Crippen molar-refractivity contribution in [3.63, 3.8) is 0 Å². The first-order valence-electron chi connectivity index (χ1n) is 6.09. The maximum Gasteiger partial charge on any atom is 0.0601 e. The van der Waals surface area contributed by atoms with Crippen LogP contribution in [0, 0.1) is 6.92 Å². The second kappa shape index (κ2) is 5.70. The smallest absolute Gasteiger partial charge is 0.0601 e. The molecule has 0 radical (unpaired) electrons. The standard InChI is InChI=1S/C16H14S3/c1-11-7-9-12(10-8-11)14-15(13-5-3-4-6-13)18-19-16(14)17-2/h3-10H,1-2H3. The molecule has 3 rings (SSSR count). The van der Waals surface area contributed by atoms with E-state index in [2.05, 4.69) is 61.7 Å². The number of benzene rings is 1. The molecular formula is C16H14S3. The molecule has 96 valence electrons. The number of rotatable bonds is 2. The van der Waals surface area contributed by atoms with Crippen LogP contribution in [0.15, 0.2) is 63.3 Å². The summed E-state index contributed by atoms with van der Waals surface area (Å²) in [5.41, 5.74) is 5.36. The third-order valence-electron chi connectivity index (χ3n) is 3.08. The molecule has 0 saturated carbocycles. The maximum absolute atomic E-state index is 2.23. The molecule has 19 heavy (non-hydrogen) atoms. The van der Waals surface area contributed by atoms with Gasteiger partial charge in [0.1, 0.15) is 0 Å². The number of thioether (sulfide) groups is 1. The minimum Gasteiger partial charge on any atom is -0.121 e. The summed E-state index contributed by atoms with van der Waals surface area (Å²) in [6, 6.07) is 8.85. The Kier molecular flexibility index (Phi) is 3.96. The topological polar surface area (TPSA) is 0 Å². The first kappa shape index (κ1) is 13.2. The summed E-state index contributed by atoms with van der Waals surface area (Å²) in [6.07, 6.45) is 10.8. The molecule has 0 bridgehead atoms. The molecule has 0 atom stereocenters. The zero-order chi connectivity index (χ0) is 13.2. The molecule has 1 heterocycles. The van der Waals surface area contributed by atoms with Gasteiger partial charge < -0.3 is 0 Å². The molecule has 0 spiro atoms. The molecule has 0 nitrogen and oxygen atoms in total. The van der Waals surface area contributed by atoms with Crippen LogP contribution in [0.5, 0.6) is 0 Å². The average Bonchev–Trinajstić information content (AvgIpc) is 3.08. The number of allylic oxidation sites excluding steroid dienone is 6. The summed E-state index contributed by atoms with van der Waals surface area (Å²) in [5, 5.41) is 0. The zero-order valence-electron chi connectivity index (χ0n) is 10.8. The Morgan fingerprint density at radius 2 is 1.63 bits per heavy atom. The van der Waals surface area contributed by atoms with E-state index in [4.69, 9.17) is 0 Å². The van der Waals surface area contributed by atoms with Crippen LogP contribution in [0.4, 0.5) is 0 Å². The molecule has 1 aliphatic carbocycles. The summed E-state index contributed by atoms with van der Waals surface area (Å²) in [6.45, 7) is 2.13. The fourth-order valence-corrected chi connectivity index (χ4v) is 6.09. The molecule has 0 fully saturated rings. The van der Waals surface area contributed by atoms with Gasteiger partial charge in [0, 0.05) is 10.5 Å². The molecule has 1 aromatic carbocycles. The van der Waals surface area contributed by atoms with Gasteiger partial charge >= 0.3 is 0 Å². The van der Waals surface area contributed by atoms with Crippen molar-refractivity contribution in [1.29, 1.82) is 0 Å². The van der Waals surface area contributed by atoms with Crippen LogP contribution in [-0.4, -0.2) is 6.26 Å². The van der Waals surface area contributed by atoms with E-state index in [0.717, 1.165) is 0 Å². The summed E-state index contributed by atoms with van der Waals surface area (Å²) < 4.78 is 1.41. The van der Waals surface area contributed by atoms with Crippen molar-refractivity contribution in [1.82, 2.24) is 0 Å². The van der Waals surface area contributed by atoms with Crippen LogP contribution in [-0.2, 0) is 0 Å². The highest BCUT2D eigenvalue weighted by Gasteiger charge is 2.24. The molecule has 0 aromatic heterocycles. The van der Waals surface area contributed by atoms with Crippen molar-refractivity contribution in [3.05, 3.63) is 74.4 Å². The highest BCUT2D eigenvalue weighted by atomic mass is 33.1. The van der Waals surface area contributed by atoms with Crippen molar-refractivity contribution >= 4 is 38.9 Å². The van der Waals surface area contributed by atoms with Crippen molar-refractivity contribution in [3.8, 4) is 0 Å². The van der Waals surface area contributed by atoms with Gasteiger partial charge in [-0.15, -0.1) is 11.8 Å². The number of aryl methyl sites for hydroxylation is 1. The van der Waals surface area contributed by atoms with E-state index in [0.29, 0.717) is 0 Å². The van der Waals surface area contributed by atoms with Gasteiger partial charge in [-0.2, -0.15) is 0 Å². The Balaban J connectivity index is 2.13. The highest BCUT2D eigenvalue weighted by Crippen LogP contribution is 2.58. The Bertz CT molecular complexity index is 602. The zero-order valence-corrected chi connectivity index (χ0v) is 13.3. The molecule has 0 unspecified atom stereocenters. The molecule has 2 aliphatic rings. The molecule has 0 saturated heterocycles. The van der Waals surface area contributed by atoms with E-state index in [1.807, 2.05) is 33.3 Å². The number of hydrogen-bond acceptors (Lipinski definition) is 3. The van der Waals surface area contributed by atoms with Gasteiger partial charge in [-0.3, -0.25) is 0 Å². The van der Waals surface area contributed by atoms with Crippen molar-refractivity contribution in [2.75, 3.05) is 6.26 Å². The van der Waals surface area contributed by atoms with Gasteiger partial charge in [0.15, 0.2) is 0 Å². The van der Waals surface area contributed by atoms with Crippen molar-refractivity contribution in [2.24, 2.45) is 0 Å². The lowest BCUT2D eigenvalue weighted by Gasteiger charge is -2.08. The van der Waals surface area contributed by atoms with E-state index in [1.165, 1.54) is 31.4 Å². The fourth-order valence-electron chi connectivity index (χ4n) is 2.08. The molecule has 3 heteroatoms. The Morgan fingerprint density at radius 3 is 2.26 bits per heavy atom. The Morgan fingerprint density at radius 1 is 0.947 bits per heavy atom. The lowest BCUT2D eigenvalue weighted by Crippen LogP contribution is -1.88. The van der Waals surface area contributed by atoms with Crippen LogP contribution >= 0.6 is 33.3 Å². The normalized spacial score (nSPS) is 18.0. The summed E-state index contributed by atoms with van der Waals surface area (Å²) in [5.74, 6) is 0. The van der Waals surface area contributed by atoms with Crippen molar-refractivity contribution in [2.45, 2.75) is 6.92 Å². The maximum atomic E-state index is 2.23. The molecular weight excluding hydrogens is 288 g/mol. The monoisotopic (exact) mass is 302 g/mol. The van der Waals surface area contributed by atoms with E-state index in [9.17, 15) is 0 Å². The highest BCUT2D eigenvalue weighted by molar-refractivity contribution is 8.82. The first-order valence-corrected chi connectivity index (χ1v) is 9.46. The molecule has 1 aliphatic heterocycles. The van der Waals surface area contributed by atoms with Crippen LogP contribution in [0.2, 0.25) is 0 Å². The minimum absolute atomic E-state index is 1.31. The van der Waals surface area contributed by atoms with E-state index in [-0.39, 0.29) is 0 Å².